The second kappa shape index (κ2) is 10.1. The molecule has 9 atom stereocenters. The van der Waals surface area contributed by atoms with E-state index in [9.17, 15) is 18.1 Å². The first-order valence-electron chi connectivity index (χ1n) is 14.4. The van der Waals surface area contributed by atoms with Gasteiger partial charge in [0, 0.05) is 12.5 Å². The molecule has 0 aromatic rings. The Labute approximate surface area is 230 Å². The van der Waals surface area contributed by atoms with E-state index in [0.717, 1.165) is 25.7 Å². The Morgan fingerprint density at radius 1 is 1.18 bits per heavy atom. The van der Waals surface area contributed by atoms with Crippen LogP contribution in [0.2, 0.25) is 0 Å². The number of methoxy groups -OCH3 is 1. The molecule has 0 radical (unpaired) electrons. The van der Waals surface area contributed by atoms with Gasteiger partial charge in [-0.05, 0) is 90.1 Å². The molecule has 2 N–H and O–H groups in total. The van der Waals surface area contributed by atoms with Crippen molar-refractivity contribution >= 4 is 10.4 Å². The van der Waals surface area contributed by atoms with Crippen molar-refractivity contribution in [2.45, 2.75) is 105 Å². The van der Waals surface area contributed by atoms with Crippen LogP contribution in [0.25, 0.3) is 0 Å². The molecule has 4 rings (SSSR count). The highest BCUT2D eigenvalue weighted by molar-refractivity contribution is 7.80. The van der Waals surface area contributed by atoms with Crippen LogP contribution in [0.1, 0.15) is 87.0 Å². The maximum Gasteiger partial charge on any atom is 0.397 e. The average Bonchev–Trinajstić information content (AvgIpc) is 3.16. The number of aliphatic hydroxyl groups excluding tert-OH is 1. The molecule has 6 nitrogen and oxygen atoms in total. The highest BCUT2D eigenvalue weighted by atomic mass is 32.3. The standard InChI is InChI=1S/C31H50O6S/c1-18(2)19(3)10-11-20(4)22-13-14-23-21-12-15-26-29(5,6)28(37-38(33,34)35)25(32)17-30(26,7)24(21)16-27(36-9)31(22,23)8/h12,16,18,20,22-23,25-28,32H,3,10-11,13-15,17H2,1-2,4-9H3,(H,33,34,35). The Hall–Kier alpha value is -0.990. The number of rotatable bonds is 8. The lowest BCUT2D eigenvalue weighted by Gasteiger charge is -2.60. The van der Waals surface area contributed by atoms with Crippen molar-refractivity contribution in [3.8, 4) is 0 Å². The van der Waals surface area contributed by atoms with Crippen molar-refractivity contribution in [3.63, 3.8) is 0 Å². The first-order valence-corrected chi connectivity index (χ1v) is 15.8. The summed E-state index contributed by atoms with van der Waals surface area (Å²) >= 11 is 0. The summed E-state index contributed by atoms with van der Waals surface area (Å²) in [6.45, 7) is 19.7. The van der Waals surface area contributed by atoms with E-state index in [4.69, 9.17) is 8.92 Å². The van der Waals surface area contributed by atoms with Gasteiger partial charge in [0.15, 0.2) is 0 Å². The second-order valence-electron chi connectivity index (χ2n) is 14.1. The van der Waals surface area contributed by atoms with Gasteiger partial charge in [0.2, 0.25) is 0 Å². The molecule has 9 unspecified atom stereocenters. The number of allylic oxidation sites excluding steroid dienone is 4. The molecule has 0 aliphatic heterocycles. The summed E-state index contributed by atoms with van der Waals surface area (Å²) in [5, 5.41) is 11.2. The van der Waals surface area contributed by atoms with Gasteiger partial charge in [-0.25, -0.2) is 4.18 Å². The summed E-state index contributed by atoms with van der Waals surface area (Å²) in [5.74, 6) is 2.05. The van der Waals surface area contributed by atoms with E-state index in [1.54, 1.807) is 0 Å². The van der Waals surface area contributed by atoms with E-state index in [1.165, 1.54) is 23.1 Å². The predicted octanol–water partition coefficient (Wildman–Crippen LogP) is 6.53. The summed E-state index contributed by atoms with van der Waals surface area (Å²) in [4.78, 5) is 0. The minimum atomic E-state index is -4.69. The third-order valence-electron chi connectivity index (χ3n) is 11.4. The smallest absolute Gasteiger partial charge is 0.390 e. The highest BCUT2D eigenvalue weighted by Gasteiger charge is 2.63. The van der Waals surface area contributed by atoms with Crippen molar-refractivity contribution < 1.29 is 27.0 Å². The van der Waals surface area contributed by atoms with E-state index in [0.29, 0.717) is 30.1 Å². The fourth-order valence-corrected chi connectivity index (χ4v) is 9.90. The topological polar surface area (TPSA) is 93.1 Å². The summed E-state index contributed by atoms with van der Waals surface area (Å²) in [6.07, 6.45) is 8.32. The Balaban J connectivity index is 1.69. The van der Waals surface area contributed by atoms with Gasteiger partial charge in [0.25, 0.3) is 0 Å². The number of ether oxygens (including phenoxy) is 1. The van der Waals surface area contributed by atoms with Crippen molar-refractivity contribution in [1.82, 2.24) is 0 Å². The SMILES string of the molecule is C=C(CCC(C)C1CCC2C3=CCC4C(C)(CC(O)C(OS(=O)(=O)O)C4(C)C)C3=CC(OC)C21C)C(C)C. The van der Waals surface area contributed by atoms with Crippen molar-refractivity contribution in [1.29, 1.82) is 0 Å². The molecule has 0 aromatic heterocycles. The monoisotopic (exact) mass is 550 g/mol. The zero-order chi connectivity index (χ0) is 28.4. The van der Waals surface area contributed by atoms with Gasteiger partial charge in [-0.2, -0.15) is 8.42 Å². The summed E-state index contributed by atoms with van der Waals surface area (Å²) in [6, 6.07) is 0. The van der Waals surface area contributed by atoms with Crippen molar-refractivity contribution in [2.75, 3.05) is 7.11 Å². The Morgan fingerprint density at radius 3 is 2.42 bits per heavy atom. The van der Waals surface area contributed by atoms with E-state index >= 15 is 0 Å². The maximum atomic E-state index is 11.6. The number of fused-ring (bicyclic) bond motifs is 5. The van der Waals surface area contributed by atoms with Gasteiger partial charge >= 0.3 is 10.4 Å². The first-order chi connectivity index (χ1) is 17.5. The summed E-state index contributed by atoms with van der Waals surface area (Å²) in [7, 11) is -2.87. The molecule has 0 saturated heterocycles. The van der Waals surface area contributed by atoms with Crippen LogP contribution in [0, 0.1) is 45.8 Å². The van der Waals surface area contributed by atoms with Gasteiger partial charge in [-0.3, -0.25) is 4.55 Å². The molecule has 0 spiro atoms. The summed E-state index contributed by atoms with van der Waals surface area (Å²) < 4.78 is 44.0. The first kappa shape index (κ1) is 30.0. The zero-order valence-electron chi connectivity index (χ0n) is 24.7. The molecule has 0 aromatic carbocycles. The third kappa shape index (κ3) is 4.78. The van der Waals surface area contributed by atoms with Crippen molar-refractivity contribution in [3.05, 3.63) is 35.5 Å². The zero-order valence-corrected chi connectivity index (χ0v) is 25.5. The lowest BCUT2D eigenvalue weighted by molar-refractivity contribution is -0.141. The van der Waals surface area contributed by atoms with Crippen LogP contribution in [0.15, 0.2) is 35.5 Å². The molecule has 2 fully saturated rings. The predicted molar refractivity (Wildman–Crippen MR) is 151 cm³/mol. The minimum Gasteiger partial charge on any atom is -0.390 e. The number of hydrogen-bond acceptors (Lipinski definition) is 5. The molecule has 216 valence electrons. The Morgan fingerprint density at radius 2 is 1.84 bits per heavy atom. The molecular weight excluding hydrogens is 500 g/mol. The van der Waals surface area contributed by atoms with Crippen LogP contribution >= 0.6 is 0 Å². The molecule has 0 heterocycles. The van der Waals surface area contributed by atoms with E-state index < -0.39 is 28.0 Å². The minimum absolute atomic E-state index is 0.00866. The van der Waals surface area contributed by atoms with E-state index in [-0.39, 0.29) is 22.9 Å². The highest BCUT2D eigenvalue weighted by Crippen LogP contribution is 2.67. The normalized spacial score (nSPS) is 41.0. The molecule has 4 aliphatic carbocycles. The second-order valence-corrected chi connectivity index (χ2v) is 15.1. The molecule has 0 amide bonds. The molecular formula is C31H50O6S. The van der Waals surface area contributed by atoms with Gasteiger partial charge < -0.3 is 9.84 Å². The number of aliphatic hydroxyl groups is 1. The largest absolute Gasteiger partial charge is 0.397 e. The van der Waals surface area contributed by atoms with Crippen LogP contribution in [0.4, 0.5) is 0 Å². The van der Waals surface area contributed by atoms with Gasteiger partial charge in [0.05, 0.1) is 12.2 Å². The fourth-order valence-electron chi connectivity index (χ4n) is 9.26. The molecule has 38 heavy (non-hydrogen) atoms. The van der Waals surface area contributed by atoms with Crippen LogP contribution in [-0.4, -0.2) is 43.5 Å². The van der Waals surface area contributed by atoms with Gasteiger partial charge in [-0.1, -0.05) is 72.8 Å². The lowest BCUT2D eigenvalue weighted by atomic mass is 9.46. The Bertz CT molecular complexity index is 1100. The molecule has 7 heteroatoms. The molecule has 2 saturated carbocycles. The molecule has 0 bridgehead atoms. The van der Waals surface area contributed by atoms with Crippen LogP contribution in [-0.2, 0) is 19.3 Å². The van der Waals surface area contributed by atoms with Gasteiger partial charge in [-0.15, -0.1) is 0 Å². The van der Waals surface area contributed by atoms with E-state index in [2.05, 4.69) is 53.3 Å². The average molecular weight is 551 g/mol. The Kier molecular flexibility index (Phi) is 7.99. The maximum absolute atomic E-state index is 11.6. The fraction of sp³-hybridized carbons (Fsp3) is 0.806. The van der Waals surface area contributed by atoms with Crippen molar-refractivity contribution in [2.24, 2.45) is 45.8 Å². The molecule has 4 aliphatic rings. The number of hydrogen-bond donors (Lipinski definition) is 2. The summed E-state index contributed by atoms with van der Waals surface area (Å²) in [5.41, 5.74) is 2.93. The quantitative estimate of drug-likeness (QED) is 0.264. The third-order valence-corrected chi connectivity index (χ3v) is 11.9. The van der Waals surface area contributed by atoms with Crippen LogP contribution in [0.5, 0.6) is 0 Å². The van der Waals surface area contributed by atoms with Gasteiger partial charge in [0.1, 0.15) is 6.10 Å². The van der Waals surface area contributed by atoms with Crippen LogP contribution in [0.3, 0.4) is 0 Å². The van der Waals surface area contributed by atoms with E-state index in [1.807, 2.05) is 21.0 Å². The lowest BCUT2D eigenvalue weighted by Crippen LogP contribution is -2.60. The van der Waals surface area contributed by atoms with Crippen LogP contribution < -0.4 is 0 Å².